The van der Waals surface area contributed by atoms with Crippen LogP contribution in [0.25, 0.3) is 11.1 Å². The molecule has 0 bridgehead atoms. The van der Waals surface area contributed by atoms with Crippen LogP contribution in [0.1, 0.15) is 41.6 Å². The number of carbonyl (C=O) groups excluding carboxylic acids is 1. The van der Waals surface area contributed by atoms with Crippen molar-refractivity contribution in [3.8, 4) is 11.1 Å². The largest absolute Gasteiger partial charge is 0.392 e. The number of piperazine rings is 1. The number of amides is 1. The number of aliphatic hydroxyl groups is 1. The average molecular weight is 711 g/mol. The Morgan fingerprint density at radius 3 is 2.25 bits per heavy atom. The summed E-state index contributed by atoms with van der Waals surface area (Å²) in [4.78, 5) is 25.6. The highest BCUT2D eigenvalue weighted by Gasteiger charge is 2.39. The lowest BCUT2D eigenvalue weighted by Crippen LogP contribution is -2.51. The van der Waals surface area contributed by atoms with Crippen LogP contribution in [-0.2, 0) is 27.4 Å². The number of anilines is 1. The quantitative estimate of drug-likeness (QED) is 0.197. The maximum absolute atomic E-state index is 12.1. The van der Waals surface area contributed by atoms with Gasteiger partial charge in [0.15, 0.2) is 6.29 Å². The van der Waals surface area contributed by atoms with Gasteiger partial charge in [-0.2, -0.15) is 0 Å². The summed E-state index contributed by atoms with van der Waals surface area (Å²) in [5.74, 6) is 0.152. The molecular formula is C36H38Cl3N5O4. The summed E-state index contributed by atoms with van der Waals surface area (Å²) in [5.41, 5.74) is 5.62. The van der Waals surface area contributed by atoms with Crippen molar-refractivity contribution in [2.45, 2.75) is 42.4 Å². The molecule has 2 saturated heterocycles. The molecule has 1 amide bonds. The fraction of sp³-hybridized carbons (Fsp3) is 0.361. The number of rotatable bonds is 9. The molecule has 1 aromatic heterocycles. The van der Waals surface area contributed by atoms with Crippen molar-refractivity contribution in [3.05, 3.63) is 114 Å². The van der Waals surface area contributed by atoms with Gasteiger partial charge in [-0.25, -0.2) is 9.97 Å². The Kier molecular flexibility index (Phi) is 11.2. The van der Waals surface area contributed by atoms with Crippen LogP contribution < -0.4 is 10.2 Å². The van der Waals surface area contributed by atoms with Crippen molar-refractivity contribution in [1.82, 2.24) is 20.2 Å². The first-order valence-corrected chi connectivity index (χ1v) is 17.1. The molecule has 0 radical (unpaired) electrons. The van der Waals surface area contributed by atoms with E-state index in [0.29, 0.717) is 0 Å². The van der Waals surface area contributed by atoms with Gasteiger partial charge in [-0.05, 0) is 46.0 Å². The van der Waals surface area contributed by atoms with E-state index in [1.54, 1.807) is 12.4 Å². The van der Waals surface area contributed by atoms with E-state index in [0.717, 1.165) is 72.1 Å². The highest BCUT2D eigenvalue weighted by Crippen LogP contribution is 2.42. The van der Waals surface area contributed by atoms with Gasteiger partial charge >= 0.3 is 0 Å². The van der Waals surface area contributed by atoms with Gasteiger partial charge in [-0.3, -0.25) is 9.69 Å². The van der Waals surface area contributed by atoms with Crippen LogP contribution >= 0.6 is 34.8 Å². The maximum atomic E-state index is 12.1. The summed E-state index contributed by atoms with van der Waals surface area (Å²) in [7, 11) is 0. The van der Waals surface area contributed by atoms with Gasteiger partial charge in [0, 0.05) is 63.1 Å². The summed E-state index contributed by atoms with van der Waals surface area (Å²) < 4.78 is 11.5. The molecule has 2 fully saturated rings. The third kappa shape index (κ3) is 8.47. The lowest BCUT2D eigenvalue weighted by Gasteiger charge is -2.44. The molecule has 9 nitrogen and oxygen atoms in total. The number of ether oxygens (including phenoxy) is 2. The molecule has 0 unspecified atom stereocenters. The van der Waals surface area contributed by atoms with E-state index in [4.69, 9.17) is 44.3 Å². The number of aliphatic hydroxyl groups excluding tert-OH is 1. The number of carbonyl (C=O) groups is 1. The minimum Gasteiger partial charge on any atom is -0.392 e. The van der Waals surface area contributed by atoms with Crippen molar-refractivity contribution >= 4 is 46.7 Å². The SMILES string of the molecule is C[C@H]1[C@@H](CN2CCN(c3ncccn3)CC2)O[C@@H](c2cccc(-c3cccc(CNC(=O)C(Cl)(Cl)Cl)c3)c2)O[C@H]1c1ccc(CO)cc1. The number of halogens is 3. The van der Waals surface area contributed by atoms with Gasteiger partial charge in [0.2, 0.25) is 5.95 Å². The van der Waals surface area contributed by atoms with E-state index in [9.17, 15) is 9.90 Å². The summed E-state index contributed by atoms with van der Waals surface area (Å²) in [6.45, 7) is 6.58. The van der Waals surface area contributed by atoms with E-state index >= 15 is 0 Å². The van der Waals surface area contributed by atoms with E-state index in [1.807, 2.05) is 72.8 Å². The van der Waals surface area contributed by atoms with Gasteiger partial charge in [-0.15, -0.1) is 0 Å². The molecule has 2 aliphatic heterocycles. The molecule has 48 heavy (non-hydrogen) atoms. The number of nitrogens with one attached hydrogen (secondary N) is 1. The average Bonchev–Trinajstić information content (AvgIpc) is 3.12. The van der Waals surface area contributed by atoms with Crippen molar-refractivity contribution in [3.63, 3.8) is 0 Å². The molecule has 0 aliphatic carbocycles. The Bertz CT molecular complexity index is 1670. The second kappa shape index (κ2) is 15.5. The molecule has 4 aromatic rings. The Hall–Kier alpha value is -3.28. The molecule has 3 heterocycles. The minimum absolute atomic E-state index is 0.0109. The molecule has 4 atom stereocenters. The van der Waals surface area contributed by atoms with Crippen molar-refractivity contribution in [1.29, 1.82) is 0 Å². The Labute approximate surface area is 295 Å². The van der Waals surface area contributed by atoms with Gasteiger partial charge < -0.3 is 24.8 Å². The topological polar surface area (TPSA) is 100 Å². The van der Waals surface area contributed by atoms with Crippen LogP contribution in [0.15, 0.2) is 91.3 Å². The normalized spacial score (nSPS) is 22.0. The third-order valence-corrected chi connectivity index (χ3v) is 9.41. The highest BCUT2D eigenvalue weighted by molar-refractivity contribution is 6.76. The third-order valence-electron chi connectivity index (χ3n) is 8.90. The maximum Gasteiger partial charge on any atom is 0.272 e. The first-order valence-electron chi connectivity index (χ1n) is 16.0. The Morgan fingerprint density at radius 2 is 1.56 bits per heavy atom. The van der Waals surface area contributed by atoms with Crippen molar-refractivity contribution in [2.24, 2.45) is 5.92 Å². The second-order valence-electron chi connectivity index (χ2n) is 12.2. The summed E-state index contributed by atoms with van der Waals surface area (Å²) in [5, 5.41) is 12.3. The van der Waals surface area contributed by atoms with Crippen LogP contribution in [-0.4, -0.2) is 68.5 Å². The molecule has 12 heteroatoms. The predicted molar refractivity (Wildman–Crippen MR) is 188 cm³/mol. The molecular weight excluding hydrogens is 673 g/mol. The van der Waals surface area contributed by atoms with Gasteiger partial charge in [0.1, 0.15) is 0 Å². The van der Waals surface area contributed by atoms with E-state index in [-0.39, 0.29) is 31.3 Å². The van der Waals surface area contributed by atoms with E-state index < -0.39 is 16.0 Å². The van der Waals surface area contributed by atoms with E-state index in [1.165, 1.54) is 0 Å². The van der Waals surface area contributed by atoms with Crippen molar-refractivity contribution in [2.75, 3.05) is 37.6 Å². The first-order chi connectivity index (χ1) is 23.2. The summed E-state index contributed by atoms with van der Waals surface area (Å²) >= 11 is 17.1. The van der Waals surface area contributed by atoms with E-state index in [2.05, 4.69) is 38.1 Å². The molecule has 252 valence electrons. The van der Waals surface area contributed by atoms with Crippen LogP contribution in [0.3, 0.4) is 0 Å². The zero-order valence-corrected chi connectivity index (χ0v) is 28.8. The predicted octanol–water partition coefficient (Wildman–Crippen LogP) is 6.24. The van der Waals surface area contributed by atoms with Crippen LogP contribution in [0.4, 0.5) is 5.95 Å². The van der Waals surface area contributed by atoms with Crippen LogP contribution in [0, 0.1) is 5.92 Å². The van der Waals surface area contributed by atoms with Gasteiger partial charge in [0.05, 0.1) is 18.8 Å². The second-order valence-corrected chi connectivity index (χ2v) is 14.4. The summed E-state index contributed by atoms with van der Waals surface area (Å²) in [6.07, 6.45) is 2.65. The molecule has 6 rings (SSSR count). The monoisotopic (exact) mass is 709 g/mol. The molecule has 3 aromatic carbocycles. The fourth-order valence-electron chi connectivity index (χ4n) is 6.18. The van der Waals surface area contributed by atoms with Crippen LogP contribution in [0.5, 0.6) is 0 Å². The summed E-state index contributed by atoms with van der Waals surface area (Å²) in [6, 6.07) is 25.8. The number of aromatic nitrogens is 2. The fourth-order valence-corrected chi connectivity index (χ4v) is 6.38. The standard InChI is InChI=1S/C36H38Cl3N5O4/c1-24-31(22-43-15-17-44(18-16-43)35-40-13-4-14-41-35)47-33(48-32(24)27-11-9-25(23-45)10-12-27)30-8-3-7-29(20-30)28-6-2-5-26(19-28)21-42-34(46)36(37,38)39/h2-14,19-20,24,31-33,45H,15-18,21-23H2,1H3,(H,42,46)/t24-,31+,32+,33+/m0/s1. The molecule has 0 spiro atoms. The van der Waals surface area contributed by atoms with Crippen LogP contribution in [0.2, 0.25) is 0 Å². The smallest absolute Gasteiger partial charge is 0.272 e. The van der Waals surface area contributed by atoms with Gasteiger partial charge in [-0.1, -0.05) is 102 Å². The number of benzene rings is 3. The number of nitrogens with zero attached hydrogens (tertiary/aromatic N) is 4. The molecule has 0 saturated carbocycles. The Balaban J connectivity index is 1.21. The molecule has 2 aliphatic rings. The first kappa shape index (κ1) is 34.6. The number of alkyl halides is 3. The van der Waals surface area contributed by atoms with Gasteiger partial charge in [0.25, 0.3) is 9.70 Å². The Morgan fingerprint density at radius 1 is 0.875 bits per heavy atom. The number of hydrogen-bond acceptors (Lipinski definition) is 8. The zero-order chi connectivity index (χ0) is 33.7. The highest BCUT2D eigenvalue weighted by atomic mass is 35.6. The zero-order valence-electron chi connectivity index (χ0n) is 26.5. The molecule has 2 N–H and O–H groups in total. The number of hydrogen-bond donors (Lipinski definition) is 2. The lowest BCUT2D eigenvalue weighted by atomic mass is 9.89. The van der Waals surface area contributed by atoms with Crippen molar-refractivity contribution < 1.29 is 19.4 Å². The minimum atomic E-state index is -2.02. The lowest BCUT2D eigenvalue weighted by molar-refractivity contribution is -0.276.